The molecular formula is C16H20N2OS2. The summed E-state index contributed by atoms with van der Waals surface area (Å²) in [6.07, 6.45) is 7.06. The average molecular weight is 320 g/mol. The van der Waals surface area contributed by atoms with Gasteiger partial charge in [-0.2, -0.15) is 0 Å². The zero-order valence-corrected chi connectivity index (χ0v) is 13.5. The first-order chi connectivity index (χ1) is 10.3. The summed E-state index contributed by atoms with van der Waals surface area (Å²) < 4.78 is 0. The molecule has 6 aliphatic rings. The second kappa shape index (κ2) is 4.80. The number of fused-ring (bicyclic) bond motifs is 1. The lowest BCUT2D eigenvalue weighted by molar-refractivity contribution is -0.121. The number of hydrogen-bond acceptors (Lipinski definition) is 4. The number of carbonyl (C=O) groups is 1. The molecule has 4 fully saturated rings. The summed E-state index contributed by atoms with van der Waals surface area (Å²) in [4.78, 5) is 16.2. The third kappa shape index (κ3) is 2.12. The van der Waals surface area contributed by atoms with Gasteiger partial charge in [0.25, 0.3) is 5.91 Å². The van der Waals surface area contributed by atoms with Crippen molar-refractivity contribution in [1.82, 2.24) is 10.2 Å². The smallest absolute Gasteiger partial charge is 0.257 e. The van der Waals surface area contributed by atoms with Gasteiger partial charge in [-0.1, -0.05) is 12.2 Å². The third-order valence-electron chi connectivity index (χ3n) is 5.72. The van der Waals surface area contributed by atoms with E-state index in [1.807, 2.05) is 11.8 Å². The Hall–Kier alpha value is -0.390. The zero-order valence-electron chi connectivity index (χ0n) is 11.9. The summed E-state index contributed by atoms with van der Waals surface area (Å²) in [7, 11) is 0. The van der Waals surface area contributed by atoms with Gasteiger partial charge in [0.1, 0.15) is 0 Å². The predicted molar refractivity (Wildman–Crippen MR) is 88.1 cm³/mol. The van der Waals surface area contributed by atoms with Crippen LogP contribution >= 0.6 is 23.5 Å². The molecule has 1 saturated carbocycles. The molecule has 0 aromatic heterocycles. The molecule has 0 radical (unpaired) electrons. The fourth-order valence-electron chi connectivity index (χ4n) is 4.97. The van der Waals surface area contributed by atoms with E-state index in [9.17, 15) is 4.79 Å². The van der Waals surface area contributed by atoms with Gasteiger partial charge in [-0.05, 0) is 36.0 Å². The van der Waals surface area contributed by atoms with E-state index in [1.165, 1.54) is 32.5 Å². The number of carbonyl (C=O) groups excluding carboxylic acids is 1. The Morgan fingerprint density at radius 2 is 2.00 bits per heavy atom. The molecule has 112 valence electrons. The molecule has 21 heavy (non-hydrogen) atoms. The van der Waals surface area contributed by atoms with Crippen LogP contribution in [-0.2, 0) is 4.79 Å². The molecule has 5 heterocycles. The zero-order chi connectivity index (χ0) is 14.0. The minimum absolute atomic E-state index is 0.191. The summed E-state index contributed by atoms with van der Waals surface area (Å²) in [6.45, 7) is 3.71. The first-order valence-corrected chi connectivity index (χ1v) is 9.82. The van der Waals surface area contributed by atoms with Gasteiger partial charge >= 0.3 is 0 Å². The monoisotopic (exact) mass is 320 g/mol. The van der Waals surface area contributed by atoms with Gasteiger partial charge in [0.05, 0.1) is 4.91 Å². The first-order valence-electron chi connectivity index (χ1n) is 8.00. The molecule has 1 N–H and O–H groups in total. The molecule has 5 unspecified atom stereocenters. The van der Waals surface area contributed by atoms with Gasteiger partial charge < -0.3 is 10.2 Å². The number of thioether (sulfide) groups is 2. The van der Waals surface area contributed by atoms with Crippen molar-refractivity contribution in [3.05, 3.63) is 22.5 Å². The fraction of sp³-hybridized carbons (Fsp3) is 0.688. The minimum Gasteiger partial charge on any atom is -0.348 e. The lowest BCUT2D eigenvalue weighted by Crippen LogP contribution is -2.64. The molecule has 5 aliphatic heterocycles. The van der Waals surface area contributed by atoms with Crippen molar-refractivity contribution in [2.24, 2.45) is 17.8 Å². The van der Waals surface area contributed by atoms with Crippen molar-refractivity contribution in [2.45, 2.75) is 29.4 Å². The SMILES string of the molecule is O=C(NC1[C@@H]2CC3C[C@H]1CN(C3)C2)C1=CC2SC=CC2S1. The van der Waals surface area contributed by atoms with Gasteiger partial charge in [-0.25, -0.2) is 0 Å². The van der Waals surface area contributed by atoms with E-state index in [-0.39, 0.29) is 5.91 Å². The number of amides is 1. The highest BCUT2D eigenvalue weighted by atomic mass is 32.2. The maximum Gasteiger partial charge on any atom is 0.257 e. The van der Waals surface area contributed by atoms with Crippen LogP contribution in [0.4, 0.5) is 0 Å². The van der Waals surface area contributed by atoms with E-state index in [4.69, 9.17) is 0 Å². The van der Waals surface area contributed by atoms with Crippen molar-refractivity contribution in [3.63, 3.8) is 0 Å². The van der Waals surface area contributed by atoms with Crippen LogP contribution in [0.5, 0.6) is 0 Å². The van der Waals surface area contributed by atoms with Crippen LogP contribution in [0.25, 0.3) is 0 Å². The maximum absolute atomic E-state index is 12.6. The van der Waals surface area contributed by atoms with Crippen molar-refractivity contribution in [3.8, 4) is 0 Å². The average Bonchev–Trinajstić information content (AvgIpc) is 3.02. The van der Waals surface area contributed by atoms with Crippen molar-refractivity contribution >= 4 is 29.4 Å². The van der Waals surface area contributed by atoms with Crippen LogP contribution in [0.3, 0.4) is 0 Å². The second-order valence-electron chi connectivity index (χ2n) is 7.12. The molecule has 1 aliphatic carbocycles. The molecule has 7 atom stereocenters. The highest BCUT2D eigenvalue weighted by molar-refractivity contribution is 8.09. The molecule has 0 aromatic carbocycles. The molecule has 3 saturated heterocycles. The third-order valence-corrected chi connectivity index (χ3v) is 8.25. The summed E-state index contributed by atoms with van der Waals surface area (Å²) in [5.41, 5.74) is 0. The quantitative estimate of drug-likeness (QED) is 0.844. The summed E-state index contributed by atoms with van der Waals surface area (Å²) >= 11 is 3.58. The van der Waals surface area contributed by atoms with Crippen LogP contribution < -0.4 is 5.32 Å². The fourth-order valence-corrected chi connectivity index (χ4v) is 7.47. The predicted octanol–water partition coefficient (Wildman–Crippen LogP) is 2.07. The molecule has 1 amide bonds. The number of hydrogen-bond donors (Lipinski definition) is 1. The summed E-state index contributed by atoms with van der Waals surface area (Å²) in [5.74, 6) is 2.48. The maximum atomic E-state index is 12.6. The Balaban J connectivity index is 1.29. The van der Waals surface area contributed by atoms with Crippen molar-refractivity contribution in [1.29, 1.82) is 0 Å². The Labute approximate surface area is 134 Å². The summed E-state index contributed by atoms with van der Waals surface area (Å²) in [6, 6.07) is 0.426. The Kier molecular flexibility index (Phi) is 2.99. The van der Waals surface area contributed by atoms with Crippen LogP contribution in [0, 0.1) is 17.8 Å². The van der Waals surface area contributed by atoms with E-state index >= 15 is 0 Å². The highest BCUT2D eigenvalue weighted by Gasteiger charge is 2.48. The van der Waals surface area contributed by atoms with Crippen molar-refractivity contribution in [2.75, 3.05) is 19.6 Å². The van der Waals surface area contributed by atoms with Gasteiger partial charge in [-0.15, -0.1) is 23.5 Å². The second-order valence-corrected chi connectivity index (χ2v) is 9.43. The molecule has 0 spiro atoms. The lowest BCUT2D eigenvalue weighted by Gasteiger charge is -2.55. The molecule has 0 aromatic rings. The Morgan fingerprint density at radius 1 is 1.19 bits per heavy atom. The van der Waals surface area contributed by atoms with Gasteiger partial charge in [0, 0.05) is 36.2 Å². The number of nitrogens with zero attached hydrogens (tertiary/aromatic N) is 1. The minimum atomic E-state index is 0.191. The normalized spacial score (nSPS) is 49.3. The van der Waals surface area contributed by atoms with Crippen LogP contribution in [0.1, 0.15) is 12.8 Å². The van der Waals surface area contributed by atoms with Crippen LogP contribution in [0.2, 0.25) is 0 Å². The largest absolute Gasteiger partial charge is 0.348 e. The lowest BCUT2D eigenvalue weighted by atomic mass is 9.65. The van der Waals surface area contributed by atoms with Gasteiger partial charge in [-0.3, -0.25) is 4.79 Å². The van der Waals surface area contributed by atoms with E-state index < -0.39 is 0 Å². The topological polar surface area (TPSA) is 32.3 Å². The van der Waals surface area contributed by atoms with Crippen LogP contribution in [-0.4, -0.2) is 47.0 Å². The molecule has 4 bridgehead atoms. The van der Waals surface area contributed by atoms with E-state index in [0.29, 0.717) is 28.4 Å². The van der Waals surface area contributed by atoms with Gasteiger partial charge in [0.2, 0.25) is 0 Å². The number of nitrogens with one attached hydrogen (secondary N) is 1. The molecule has 3 nitrogen and oxygen atoms in total. The van der Waals surface area contributed by atoms with E-state index in [0.717, 1.165) is 10.8 Å². The number of piperidine rings is 3. The molecule has 5 heteroatoms. The molecule has 6 rings (SSSR count). The van der Waals surface area contributed by atoms with Gasteiger partial charge in [0.15, 0.2) is 0 Å². The Morgan fingerprint density at radius 3 is 2.71 bits per heavy atom. The van der Waals surface area contributed by atoms with E-state index in [2.05, 4.69) is 27.8 Å². The van der Waals surface area contributed by atoms with Crippen molar-refractivity contribution < 1.29 is 4.79 Å². The highest BCUT2D eigenvalue weighted by Crippen LogP contribution is 2.46. The number of rotatable bonds is 2. The summed E-state index contributed by atoms with van der Waals surface area (Å²) in [5, 5.41) is 6.54. The van der Waals surface area contributed by atoms with E-state index in [1.54, 1.807) is 11.8 Å². The standard InChI is InChI=1S/C16H20N2OS2/c19-16(14-5-13-12(21-14)1-2-20-13)17-15-10-3-9-4-11(15)8-18(6-9)7-10/h1-2,5,9-13,15H,3-4,6-8H2,(H,17,19)/t9?,10-,11+,12?,13?,15?. The van der Waals surface area contributed by atoms with Crippen LogP contribution in [0.15, 0.2) is 22.5 Å². The first kappa shape index (κ1) is 13.1. The molecular weight excluding hydrogens is 300 g/mol. The Bertz CT molecular complexity index is 516.